The van der Waals surface area contributed by atoms with Gasteiger partial charge in [0.25, 0.3) is 0 Å². The number of nitrogens with zero attached hydrogens (tertiary/aromatic N) is 2. The van der Waals surface area contributed by atoms with Gasteiger partial charge in [0.05, 0.1) is 12.0 Å². The lowest BCUT2D eigenvalue weighted by molar-refractivity contribution is -0.149. The summed E-state index contributed by atoms with van der Waals surface area (Å²) >= 11 is 7.88. The molecule has 1 saturated carbocycles. The number of thiophene rings is 1. The van der Waals surface area contributed by atoms with Gasteiger partial charge in [-0.05, 0) is 42.0 Å². The minimum absolute atomic E-state index is 0.0182. The number of likely N-dealkylation sites (tertiary alicyclic amines) is 1. The van der Waals surface area contributed by atoms with Crippen LogP contribution >= 0.6 is 22.9 Å². The molecule has 1 aromatic heterocycles. The van der Waals surface area contributed by atoms with E-state index in [0.29, 0.717) is 36.8 Å². The number of hydrogen-bond acceptors (Lipinski definition) is 5. The molecule has 6 rings (SSSR count). The summed E-state index contributed by atoms with van der Waals surface area (Å²) in [5, 5.41) is 5.78. The molecule has 3 fully saturated rings. The van der Waals surface area contributed by atoms with E-state index in [2.05, 4.69) is 5.32 Å². The smallest absolute Gasteiger partial charge is 0.246 e. The zero-order chi connectivity index (χ0) is 28.3. The van der Waals surface area contributed by atoms with E-state index in [-0.39, 0.29) is 23.5 Å². The molecule has 4 unspecified atom stereocenters. The second-order valence-corrected chi connectivity index (χ2v) is 12.5. The van der Waals surface area contributed by atoms with Crippen LogP contribution in [-0.2, 0) is 9.59 Å². The molecule has 2 aromatic carbocycles. The summed E-state index contributed by atoms with van der Waals surface area (Å²) < 4.78 is 0. The number of piperazine rings is 1. The van der Waals surface area contributed by atoms with Crippen LogP contribution in [-0.4, -0.2) is 65.7 Å². The summed E-state index contributed by atoms with van der Waals surface area (Å²) in [6.45, 7) is 2.58. The van der Waals surface area contributed by atoms with Crippen molar-refractivity contribution in [1.82, 2.24) is 15.1 Å². The predicted octanol–water partition coefficient (Wildman–Crippen LogP) is 5.51. The van der Waals surface area contributed by atoms with Crippen molar-refractivity contribution in [2.75, 3.05) is 26.2 Å². The third kappa shape index (κ3) is 5.63. The van der Waals surface area contributed by atoms with Gasteiger partial charge in [-0.1, -0.05) is 78.7 Å². The number of amides is 2. The second kappa shape index (κ2) is 12.3. The average molecular weight is 588 g/mol. The minimum Gasteiger partial charge on any atom is -0.338 e. The van der Waals surface area contributed by atoms with Crippen molar-refractivity contribution >= 4 is 46.6 Å². The zero-order valence-corrected chi connectivity index (χ0v) is 24.4. The molecule has 0 bridgehead atoms. The maximum Gasteiger partial charge on any atom is 0.246 e. The van der Waals surface area contributed by atoms with E-state index in [1.807, 2.05) is 64.9 Å². The number of benzene rings is 2. The van der Waals surface area contributed by atoms with Crippen LogP contribution in [0.1, 0.15) is 46.0 Å². The van der Waals surface area contributed by atoms with Crippen molar-refractivity contribution in [3.8, 4) is 0 Å². The first-order valence-corrected chi connectivity index (χ1v) is 15.7. The van der Waals surface area contributed by atoms with Gasteiger partial charge in [-0.3, -0.25) is 14.4 Å². The lowest BCUT2D eigenvalue weighted by atomic mass is 9.80. The lowest BCUT2D eigenvalue weighted by Gasteiger charge is -2.38. The Bertz CT molecular complexity index is 1420. The zero-order valence-electron chi connectivity index (χ0n) is 22.8. The topological polar surface area (TPSA) is 69.7 Å². The third-order valence-electron chi connectivity index (χ3n) is 8.68. The number of halogens is 1. The Morgan fingerprint density at radius 2 is 1.71 bits per heavy atom. The number of rotatable bonds is 7. The van der Waals surface area contributed by atoms with Gasteiger partial charge in [-0.25, -0.2) is 0 Å². The summed E-state index contributed by atoms with van der Waals surface area (Å²) in [5.74, 6) is -1.43. The van der Waals surface area contributed by atoms with E-state index < -0.39 is 23.9 Å². The summed E-state index contributed by atoms with van der Waals surface area (Å²) in [6, 6.07) is 19.5. The van der Waals surface area contributed by atoms with E-state index >= 15 is 0 Å². The summed E-state index contributed by atoms with van der Waals surface area (Å²) in [6.07, 6.45) is 6.59. The van der Waals surface area contributed by atoms with Crippen LogP contribution in [0.2, 0.25) is 5.02 Å². The highest BCUT2D eigenvalue weighted by Crippen LogP contribution is 2.48. The molecular formula is C33H34ClN3O3S. The van der Waals surface area contributed by atoms with Crippen molar-refractivity contribution in [3.05, 3.63) is 99.2 Å². The predicted molar refractivity (Wildman–Crippen MR) is 163 cm³/mol. The van der Waals surface area contributed by atoms with Gasteiger partial charge in [0, 0.05) is 53.5 Å². The molecule has 0 spiro atoms. The van der Waals surface area contributed by atoms with Crippen molar-refractivity contribution in [1.29, 1.82) is 0 Å². The number of hydrogen-bond donors (Lipinski definition) is 1. The number of ketones is 1. The summed E-state index contributed by atoms with van der Waals surface area (Å²) in [5.41, 5.74) is 1.47. The molecule has 0 radical (unpaired) electrons. The molecule has 1 aliphatic carbocycles. The Morgan fingerprint density at radius 3 is 2.37 bits per heavy atom. The van der Waals surface area contributed by atoms with E-state index in [1.54, 1.807) is 40.5 Å². The fraction of sp³-hybridized carbons (Fsp3) is 0.364. The molecule has 2 saturated heterocycles. The van der Waals surface area contributed by atoms with Gasteiger partial charge in [0.1, 0.15) is 6.04 Å². The third-order valence-corrected chi connectivity index (χ3v) is 9.88. The Kier molecular flexibility index (Phi) is 8.37. The molecular weight excluding hydrogens is 554 g/mol. The van der Waals surface area contributed by atoms with Crippen LogP contribution in [0.15, 0.2) is 78.2 Å². The van der Waals surface area contributed by atoms with Crippen LogP contribution in [0.3, 0.4) is 0 Å². The molecule has 1 N–H and O–H groups in total. The first kappa shape index (κ1) is 27.9. The van der Waals surface area contributed by atoms with E-state index in [9.17, 15) is 14.4 Å². The maximum atomic E-state index is 14.5. The number of carbonyl (C=O) groups excluding carboxylic acids is 3. The standard InChI is InChI=1S/C33H34ClN3O3S/c34-25-12-5-11-24(21-25)31(38)28-26(15-14-22-7-2-1-3-8-22)37(32(39)23-9-4-10-23)30(29(28)27-13-6-20-41-27)33(40)36-18-16-35-17-19-36/h1-3,5-8,11-15,20-21,23,26,28-30,35H,4,9-10,16-19H2. The van der Waals surface area contributed by atoms with Gasteiger partial charge >= 0.3 is 0 Å². The monoisotopic (exact) mass is 587 g/mol. The normalized spacial score (nSPS) is 24.9. The highest BCUT2D eigenvalue weighted by molar-refractivity contribution is 7.10. The van der Waals surface area contributed by atoms with Crippen molar-refractivity contribution < 1.29 is 14.4 Å². The number of Topliss-reactive ketones (excluding diaryl/α,β-unsaturated/α-hetero) is 1. The summed E-state index contributed by atoms with van der Waals surface area (Å²) in [4.78, 5) is 47.9. The van der Waals surface area contributed by atoms with Crippen molar-refractivity contribution in [2.45, 2.75) is 37.3 Å². The maximum absolute atomic E-state index is 14.5. The largest absolute Gasteiger partial charge is 0.338 e. The summed E-state index contributed by atoms with van der Waals surface area (Å²) in [7, 11) is 0. The molecule has 3 aliphatic rings. The molecule has 3 aromatic rings. The van der Waals surface area contributed by atoms with Gasteiger partial charge in [0.2, 0.25) is 11.8 Å². The highest BCUT2D eigenvalue weighted by atomic mass is 35.5. The molecule has 8 heteroatoms. The van der Waals surface area contributed by atoms with Crippen LogP contribution < -0.4 is 5.32 Å². The molecule has 4 atom stereocenters. The quantitative estimate of drug-likeness (QED) is 0.370. The van der Waals surface area contributed by atoms with E-state index in [4.69, 9.17) is 11.6 Å². The first-order chi connectivity index (χ1) is 20.0. The van der Waals surface area contributed by atoms with Crippen LogP contribution in [0, 0.1) is 11.8 Å². The fourth-order valence-corrected chi connectivity index (χ4v) is 7.48. The van der Waals surface area contributed by atoms with Crippen molar-refractivity contribution in [2.24, 2.45) is 11.8 Å². The number of nitrogens with one attached hydrogen (secondary N) is 1. The molecule has 212 valence electrons. The van der Waals surface area contributed by atoms with E-state index in [0.717, 1.165) is 29.7 Å². The lowest BCUT2D eigenvalue weighted by Crippen LogP contribution is -2.56. The van der Waals surface area contributed by atoms with Gasteiger partial charge < -0.3 is 15.1 Å². The molecule has 2 aliphatic heterocycles. The molecule has 41 heavy (non-hydrogen) atoms. The van der Waals surface area contributed by atoms with Crippen LogP contribution in [0.5, 0.6) is 0 Å². The number of carbonyl (C=O) groups is 3. The second-order valence-electron chi connectivity index (χ2n) is 11.1. The van der Waals surface area contributed by atoms with Crippen molar-refractivity contribution in [3.63, 3.8) is 0 Å². The Labute approximate surface area is 250 Å². The fourth-order valence-electron chi connectivity index (χ4n) is 6.39. The van der Waals surface area contributed by atoms with E-state index in [1.165, 1.54) is 0 Å². The van der Waals surface area contributed by atoms with Gasteiger partial charge in [-0.2, -0.15) is 0 Å². The highest BCUT2D eigenvalue weighted by Gasteiger charge is 2.58. The Morgan fingerprint density at radius 1 is 0.927 bits per heavy atom. The SMILES string of the molecule is O=C(c1cccc(Cl)c1)C1C(c2cccs2)C(C(=O)N2CCNCC2)N(C(=O)C2CCC2)C1C=Cc1ccccc1. The molecule has 6 nitrogen and oxygen atoms in total. The molecule has 2 amide bonds. The van der Waals surface area contributed by atoms with Crippen LogP contribution in [0.25, 0.3) is 6.08 Å². The Balaban J connectivity index is 1.52. The average Bonchev–Trinajstić information content (AvgIpc) is 3.62. The Hall–Kier alpha value is -3.26. The van der Waals surface area contributed by atoms with Gasteiger partial charge in [0.15, 0.2) is 5.78 Å². The molecule has 3 heterocycles. The minimum atomic E-state index is -0.765. The van der Waals surface area contributed by atoms with Crippen LogP contribution in [0.4, 0.5) is 0 Å². The first-order valence-electron chi connectivity index (χ1n) is 14.4. The van der Waals surface area contributed by atoms with Gasteiger partial charge in [-0.15, -0.1) is 11.3 Å².